The monoisotopic (exact) mass is 1500 g/mol. The summed E-state index contributed by atoms with van der Waals surface area (Å²) in [5, 5.41) is 12.8. The lowest BCUT2D eigenvalue weighted by Crippen LogP contribution is -2.50. The van der Waals surface area contributed by atoms with Gasteiger partial charge in [0.05, 0.1) is 128 Å². The van der Waals surface area contributed by atoms with E-state index in [0.717, 1.165) is 239 Å². The van der Waals surface area contributed by atoms with Crippen molar-refractivity contribution in [3.05, 3.63) is 190 Å². The van der Waals surface area contributed by atoms with Gasteiger partial charge in [0.25, 0.3) is 0 Å². The van der Waals surface area contributed by atoms with E-state index in [9.17, 15) is 5.11 Å². The molecule has 4 fully saturated rings. The van der Waals surface area contributed by atoms with Gasteiger partial charge in [-0.15, -0.1) is 0 Å². The van der Waals surface area contributed by atoms with Crippen LogP contribution >= 0.6 is 46.4 Å². The molecule has 28 heteroatoms. The highest BCUT2D eigenvalue weighted by Crippen LogP contribution is 2.37. The van der Waals surface area contributed by atoms with Gasteiger partial charge in [-0.05, 0) is 133 Å². The van der Waals surface area contributed by atoms with Gasteiger partial charge in [0.1, 0.15) is 46.0 Å². The molecular formula is C77H95Cl4N23O. The lowest BCUT2D eigenvalue weighted by Gasteiger charge is -2.39. The summed E-state index contributed by atoms with van der Waals surface area (Å²) >= 11 is 25.5. The van der Waals surface area contributed by atoms with E-state index in [2.05, 4.69) is 90.2 Å². The summed E-state index contributed by atoms with van der Waals surface area (Å²) < 4.78 is 0. The van der Waals surface area contributed by atoms with Crippen molar-refractivity contribution in [3.8, 4) is 0 Å². The minimum atomic E-state index is -0.757. The molecule has 105 heavy (non-hydrogen) atoms. The predicted molar refractivity (Wildman–Crippen MR) is 422 cm³/mol. The van der Waals surface area contributed by atoms with Gasteiger partial charge in [-0.3, -0.25) is 34.9 Å². The number of piperidine rings is 4. The predicted octanol–water partition coefficient (Wildman–Crippen LogP) is 11.1. The van der Waals surface area contributed by atoms with Crippen molar-refractivity contribution in [3.63, 3.8) is 0 Å². The van der Waals surface area contributed by atoms with Gasteiger partial charge < -0.3 is 47.6 Å². The van der Waals surface area contributed by atoms with Crippen LogP contribution in [0.2, 0.25) is 20.1 Å². The van der Waals surface area contributed by atoms with Gasteiger partial charge in [-0.2, -0.15) is 0 Å². The number of benzene rings is 1. The molecule has 552 valence electrons. The van der Waals surface area contributed by atoms with Gasteiger partial charge in [0, 0.05) is 117 Å². The summed E-state index contributed by atoms with van der Waals surface area (Å²) in [7, 11) is 0. The van der Waals surface area contributed by atoms with Crippen molar-refractivity contribution in [2.45, 2.75) is 151 Å². The van der Waals surface area contributed by atoms with Gasteiger partial charge in [0.2, 0.25) is 0 Å². The maximum Gasteiger partial charge on any atom is 0.147 e. The van der Waals surface area contributed by atoms with Crippen LogP contribution in [0.4, 0.5) is 23.3 Å². The molecule has 7 aromatic heterocycles. The summed E-state index contributed by atoms with van der Waals surface area (Å²) in [5.74, 6) is 3.59. The van der Waals surface area contributed by atoms with Crippen molar-refractivity contribution in [1.29, 1.82) is 0 Å². The number of aromatic nitrogens is 11. The summed E-state index contributed by atoms with van der Waals surface area (Å²) in [5.41, 5.74) is 40.8. The summed E-state index contributed by atoms with van der Waals surface area (Å²) in [6.45, 7) is 25.5. The highest BCUT2D eigenvalue weighted by Gasteiger charge is 2.36. The molecule has 1 aromatic carbocycles. The third kappa shape index (κ3) is 16.5. The molecule has 0 radical (unpaired) electrons. The first kappa shape index (κ1) is 76.5. The maximum absolute atomic E-state index is 10.3. The van der Waals surface area contributed by atoms with E-state index in [1.165, 1.54) is 0 Å². The Bertz CT molecular complexity index is 4170. The molecule has 0 saturated carbocycles. The summed E-state index contributed by atoms with van der Waals surface area (Å²) in [4.78, 5) is 78.2. The van der Waals surface area contributed by atoms with E-state index in [1.54, 1.807) is 24.8 Å². The highest BCUT2D eigenvalue weighted by atomic mass is 35.5. The van der Waals surface area contributed by atoms with Crippen LogP contribution in [0.3, 0.4) is 0 Å². The zero-order valence-corrected chi connectivity index (χ0v) is 63.3. The van der Waals surface area contributed by atoms with Crippen LogP contribution in [0.25, 0.3) is 0 Å². The quantitative estimate of drug-likeness (QED) is 0.0759. The van der Waals surface area contributed by atoms with Crippen LogP contribution in [-0.4, -0.2) is 166 Å². The van der Waals surface area contributed by atoms with E-state index in [-0.39, 0.29) is 23.8 Å². The van der Waals surface area contributed by atoms with Crippen LogP contribution < -0.4 is 42.5 Å². The Labute approximate surface area is 635 Å². The minimum Gasteiger partial charge on any atom is -0.388 e. The number of aliphatic hydroxyl groups is 1. The molecule has 9 N–H and O–H groups in total. The number of aryl methyl sites for hydroxylation is 4. The number of halogens is 4. The Morgan fingerprint density at radius 2 is 0.790 bits per heavy atom. The van der Waals surface area contributed by atoms with Crippen LogP contribution in [-0.2, 0) is 26.2 Å². The Morgan fingerprint density at radius 3 is 1.15 bits per heavy atom. The molecule has 16 rings (SSSR count). The number of fused-ring (bicyclic) bond motifs is 4. The lowest BCUT2D eigenvalue weighted by atomic mass is 9.80. The van der Waals surface area contributed by atoms with Crippen LogP contribution in [0.5, 0.6) is 0 Å². The van der Waals surface area contributed by atoms with Crippen LogP contribution in [0.1, 0.15) is 176 Å². The van der Waals surface area contributed by atoms with E-state index in [4.69, 9.17) is 94.3 Å². The molecule has 8 aliphatic rings. The first-order valence-corrected chi connectivity index (χ1v) is 37.4. The Kier molecular flexibility index (Phi) is 23.4. The van der Waals surface area contributed by atoms with Crippen molar-refractivity contribution in [1.82, 2.24) is 54.8 Å². The molecule has 0 aliphatic carbocycles. The largest absolute Gasteiger partial charge is 0.388 e. The normalized spacial score (nSPS) is 18.4. The third-order valence-electron chi connectivity index (χ3n) is 21.8. The Morgan fingerprint density at radius 1 is 0.438 bits per heavy atom. The van der Waals surface area contributed by atoms with Gasteiger partial charge in [-0.25, -0.2) is 39.9 Å². The first-order chi connectivity index (χ1) is 50.0. The average Bonchev–Trinajstić information content (AvgIpc) is 1.68. The van der Waals surface area contributed by atoms with E-state index in [1.807, 2.05) is 82.7 Å². The van der Waals surface area contributed by atoms with E-state index < -0.39 is 5.60 Å². The third-order valence-corrected chi connectivity index (χ3v) is 23.4. The molecule has 0 amide bonds. The van der Waals surface area contributed by atoms with Crippen molar-refractivity contribution in [2.24, 2.45) is 53.7 Å². The van der Waals surface area contributed by atoms with Crippen LogP contribution in [0, 0.1) is 38.5 Å². The second-order valence-electron chi connectivity index (χ2n) is 29.2. The molecule has 8 aromatic rings. The molecular weight excluding hydrogens is 1400 g/mol. The molecule has 24 nitrogen and oxygen atoms in total. The van der Waals surface area contributed by atoms with Gasteiger partial charge in [-0.1, -0.05) is 92.8 Å². The number of hydrogen-bond donors (Lipinski definition) is 5. The van der Waals surface area contributed by atoms with Crippen molar-refractivity contribution >= 4 is 92.5 Å². The molecule has 0 unspecified atom stereocenters. The molecule has 15 heterocycles. The van der Waals surface area contributed by atoms with E-state index >= 15 is 0 Å². The maximum atomic E-state index is 10.3. The number of pyridine rings is 3. The fraction of sp³-hybridized carbons (Fsp3) is 0.468. The second-order valence-corrected chi connectivity index (χ2v) is 30.8. The first-order valence-electron chi connectivity index (χ1n) is 35.9. The number of nitrogens with zero attached hydrogens (tertiary/aromatic N) is 19. The number of nitrogens with two attached hydrogens (primary N) is 4. The number of hydrogen-bond acceptors (Lipinski definition) is 24. The molecule has 0 spiro atoms. The summed E-state index contributed by atoms with van der Waals surface area (Å²) in [6, 6.07) is 11.8. The SMILES string of the molecule is C.CCC1(N)CCN(c2cnc3c(n2)CN=C3c2ccnc(C)c2Cl)CC1.Cc1cc(C2=NCc3nc(N4CCC(C)(CN)CC4)cnc32)c(Cl)cn1.Cc1cc(C2=NCc3nc(N4CCC(O)(CN)CC4)cnc32)c(Cl)cn1.Cc1cccc(C2=NCc3nc(N4CCC(C)(CN)CC4)cnc32)c1Cl. The highest BCUT2D eigenvalue weighted by molar-refractivity contribution is 6.37. The Hall–Kier alpha value is -8.17. The molecule has 4 saturated heterocycles. The number of aliphatic imine (C=N–C) groups is 4. The average molecular weight is 1500 g/mol. The Balaban J connectivity index is 0.000000131. The number of anilines is 4. The summed E-state index contributed by atoms with van der Waals surface area (Å²) in [6.07, 6.45) is 21.0. The topological polar surface area (TPSA) is 328 Å². The van der Waals surface area contributed by atoms with Gasteiger partial charge in [0.15, 0.2) is 0 Å². The smallest absolute Gasteiger partial charge is 0.147 e. The van der Waals surface area contributed by atoms with Crippen LogP contribution in [0.15, 0.2) is 99.7 Å². The number of rotatable bonds is 12. The molecule has 8 aliphatic heterocycles. The zero-order valence-electron chi connectivity index (χ0n) is 60.2. The molecule has 0 atom stereocenters. The standard InChI is InChI=1S/C20H24ClN5.2C19H23ClN6.C18H21ClN6O.CH4/c1-13-4-3-5-14(17(13)21)18-19-15(10-23-18)25-16(11-24-19)26-8-6-20(2,12-22)7-9-26;1-12-7-13(14(20)8-22-12)17-18-15(9-23-17)25-16(10-24-18)26-5-3-19(2,11-21)4-6-26;1-3-19(21)5-8-26(9-6-19)15-11-24-18-14(25-15)10-23-17(18)13-4-7-22-12(2)16(13)20;1-11-6-12(13(19)7-21-11)16-17-14(8-22-16)24-15(9-23-17)25-4-2-18(26,10-20)3-5-25;/h3-5,11H,6-10,12,22H2,1-2H3;7-8,10H,3-6,9,11,21H2,1-2H3;4,7,11H,3,5-6,8-10,21H2,1-2H3;6-7,9,26H,2-5,8,10,20H2,1H3;1H4. The molecule has 0 bridgehead atoms. The van der Waals surface area contributed by atoms with Crippen molar-refractivity contribution < 1.29 is 5.11 Å². The minimum absolute atomic E-state index is 0. The fourth-order valence-corrected chi connectivity index (χ4v) is 14.9. The lowest BCUT2D eigenvalue weighted by molar-refractivity contribution is 0.0248. The van der Waals surface area contributed by atoms with Gasteiger partial charge >= 0.3 is 0 Å². The second kappa shape index (κ2) is 32.1. The van der Waals surface area contributed by atoms with E-state index in [0.29, 0.717) is 73.7 Å². The van der Waals surface area contributed by atoms with Crippen molar-refractivity contribution in [2.75, 3.05) is 91.6 Å². The fourth-order valence-electron chi connectivity index (χ4n) is 14.1. The zero-order chi connectivity index (χ0) is 73.2.